The Hall–Kier alpha value is -0.820. The minimum absolute atomic E-state index is 0.383. The van der Waals surface area contributed by atoms with Gasteiger partial charge in [-0.2, -0.15) is 0 Å². The molecule has 1 nitrogen and oxygen atoms in total. The topological polar surface area (TPSA) is 20.2 Å². The maximum absolute atomic E-state index is 10.8. The van der Waals surface area contributed by atoms with Crippen LogP contribution in [0.4, 0.5) is 0 Å². The molecule has 1 aromatic carbocycles. The molecule has 1 aromatic rings. The van der Waals surface area contributed by atoms with Crippen molar-refractivity contribution in [1.29, 1.82) is 0 Å². The van der Waals surface area contributed by atoms with Crippen LogP contribution < -0.4 is 0 Å². The van der Waals surface area contributed by atoms with E-state index in [2.05, 4.69) is 38.1 Å². The van der Waals surface area contributed by atoms with Crippen molar-refractivity contribution < 1.29 is 5.11 Å². The highest BCUT2D eigenvalue weighted by Crippen LogP contribution is 2.41. The van der Waals surface area contributed by atoms with Crippen LogP contribution in [0, 0.1) is 5.92 Å². The lowest BCUT2D eigenvalue weighted by Gasteiger charge is -2.38. The van der Waals surface area contributed by atoms with E-state index in [0.29, 0.717) is 5.92 Å². The Kier molecular flexibility index (Phi) is 3.34. The summed E-state index contributed by atoms with van der Waals surface area (Å²) in [7, 11) is 0. The number of hydrogen-bond acceptors (Lipinski definition) is 1. The van der Waals surface area contributed by atoms with Crippen LogP contribution in [0.1, 0.15) is 50.7 Å². The first-order valence-corrected chi connectivity index (χ1v) is 6.48. The van der Waals surface area contributed by atoms with Gasteiger partial charge in [0.25, 0.3) is 0 Å². The highest BCUT2D eigenvalue weighted by Gasteiger charge is 2.37. The van der Waals surface area contributed by atoms with Crippen molar-refractivity contribution in [2.75, 3.05) is 0 Å². The van der Waals surface area contributed by atoms with E-state index in [1.54, 1.807) is 0 Å². The van der Waals surface area contributed by atoms with Gasteiger partial charge in [-0.25, -0.2) is 0 Å². The van der Waals surface area contributed by atoms with Gasteiger partial charge in [0, 0.05) is 0 Å². The molecule has 0 heterocycles. The van der Waals surface area contributed by atoms with Gasteiger partial charge < -0.3 is 5.11 Å². The van der Waals surface area contributed by atoms with E-state index >= 15 is 0 Å². The second-order valence-corrected chi connectivity index (χ2v) is 5.13. The molecule has 1 aliphatic carbocycles. The summed E-state index contributed by atoms with van der Waals surface area (Å²) in [5.41, 5.74) is 1.87. The minimum atomic E-state index is -0.580. The van der Waals surface area contributed by atoms with E-state index < -0.39 is 5.60 Å². The summed E-state index contributed by atoms with van der Waals surface area (Å²) in [4.78, 5) is 0. The molecule has 0 aliphatic heterocycles. The molecule has 1 aliphatic rings. The quantitative estimate of drug-likeness (QED) is 0.803. The van der Waals surface area contributed by atoms with Gasteiger partial charge >= 0.3 is 0 Å². The number of rotatable bonds is 2. The largest absolute Gasteiger partial charge is 0.385 e. The van der Waals surface area contributed by atoms with E-state index in [0.717, 1.165) is 31.2 Å². The molecule has 1 heteroatoms. The normalized spacial score (nSPS) is 30.3. The molecule has 16 heavy (non-hydrogen) atoms. The van der Waals surface area contributed by atoms with E-state index in [9.17, 15) is 5.11 Å². The summed E-state index contributed by atoms with van der Waals surface area (Å²) < 4.78 is 0. The van der Waals surface area contributed by atoms with Gasteiger partial charge in [0.05, 0.1) is 5.60 Å². The zero-order chi connectivity index (χ0) is 11.6. The summed E-state index contributed by atoms with van der Waals surface area (Å²) in [5.74, 6) is 0.383. The number of hydrogen-bond donors (Lipinski definition) is 1. The van der Waals surface area contributed by atoms with E-state index in [1.165, 1.54) is 12.0 Å². The summed E-state index contributed by atoms with van der Waals surface area (Å²) in [6, 6.07) is 8.48. The summed E-state index contributed by atoms with van der Waals surface area (Å²) in [6.45, 7) is 4.34. The van der Waals surface area contributed by atoms with Crippen LogP contribution in [-0.2, 0) is 12.0 Å². The van der Waals surface area contributed by atoms with Crippen molar-refractivity contribution in [3.63, 3.8) is 0 Å². The van der Waals surface area contributed by atoms with Crippen molar-refractivity contribution >= 4 is 0 Å². The molecule has 2 rings (SSSR count). The fourth-order valence-electron chi connectivity index (χ4n) is 2.82. The molecule has 0 amide bonds. The average molecular weight is 218 g/mol. The maximum atomic E-state index is 10.8. The Balaban J connectivity index is 2.33. The Labute approximate surface area is 98.5 Å². The number of aliphatic hydroxyl groups is 1. The predicted molar refractivity (Wildman–Crippen MR) is 67.3 cm³/mol. The molecule has 0 saturated heterocycles. The third-order valence-electron chi connectivity index (χ3n) is 4.10. The molecule has 1 fully saturated rings. The molecule has 0 aromatic heterocycles. The van der Waals surface area contributed by atoms with Crippen LogP contribution in [0.5, 0.6) is 0 Å². The second-order valence-electron chi connectivity index (χ2n) is 5.13. The van der Waals surface area contributed by atoms with Gasteiger partial charge in [-0.15, -0.1) is 0 Å². The first kappa shape index (κ1) is 11.7. The number of aryl methyl sites for hydroxylation is 1. The molecule has 1 saturated carbocycles. The minimum Gasteiger partial charge on any atom is -0.385 e. The van der Waals surface area contributed by atoms with Crippen LogP contribution in [-0.4, -0.2) is 5.11 Å². The lowest BCUT2D eigenvalue weighted by molar-refractivity contribution is -0.0470. The summed E-state index contributed by atoms with van der Waals surface area (Å²) in [6.07, 6.45) is 5.51. The second kappa shape index (κ2) is 4.58. The first-order chi connectivity index (χ1) is 7.66. The SMILES string of the molecule is CCc1cccc(C2(O)CCCCC2C)c1. The highest BCUT2D eigenvalue weighted by molar-refractivity contribution is 5.29. The molecule has 88 valence electrons. The zero-order valence-electron chi connectivity index (χ0n) is 10.4. The molecule has 0 spiro atoms. The van der Waals surface area contributed by atoms with Crippen molar-refractivity contribution in [1.82, 2.24) is 0 Å². The van der Waals surface area contributed by atoms with E-state index in [1.807, 2.05) is 0 Å². The van der Waals surface area contributed by atoms with E-state index in [-0.39, 0.29) is 0 Å². The van der Waals surface area contributed by atoms with Gasteiger partial charge in [-0.3, -0.25) is 0 Å². The van der Waals surface area contributed by atoms with Crippen LogP contribution in [0.3, 0.4) is 0 Å². The molecule has 2 atom stereocenters. The van der Waals surface area contributed by atoms with Gasteiger partial charge in [0.15, 0.2) is 0 Å². The summed E-state index contributed by atoms with van der Waals surface area (Å²) in [5, 5.41) is 10.8. The van der Waals surface area contributed by atoms with Crippen molar-refractivity contribution in [2.45, 2.75) is 51.6 Å². The molecule has 0 bridgehead atoms. The third-order valence-corrected chi connectivity index (χ3v) is 4.10. The monoisotopic (exact) mass is 218 g/mol. The molecule has 0 radical (unpaired) electrons. The number of benzene rings is 1. The molecular weight excluding hydrogens is 196 g/mol. The van der Waals surface area contributed by atoms with Crippen molar-refractivity contribution in [2.24, 2.45) is 5.92 Å². The lowest BCUT2D eigenvalue weighted by atomic mass is 9.72. The van der Waals surface area contributed by atoms with Crippen LogP contribution in [0.15, 0.2) is 24.3 Å². The fourth-order valence-corrected chi connectivity index (χ4v) is 2.82. The van der Waals surface area contributed by atoms with Crippen LogP contribution >= 0.6 is 0 Å². The van der Waals surface area contributed by atoms with Gasteiger partial charge in [0.2, 0.25) is 0 Å². The standard InChI is InChI=1S/C15H22O/c1-3-13-8-6-9-14(11-13)15(16)10-5-4-7-12(15)2/h6,8-9,11-12,16H,3-5,7,10H2,1-2H3. The fraction of sp³-hybridized carbons (Fsp3) is 0.600. The first-order valence-electron chi connectivity index (χ1n) is 6.48. The molecular formula is C15H22O. The highest BCUT2D eigenvalue weighted by atomic mass is 16.3. The van der Waals surface area contributed by atoms with E-state index in [4.69, 9.17) is 0 Å². The molecule has 1 N–H and O–H groups in total. The molecule has 2 unspecified atom stereocenters. The Bertz CT molecular complexity index is 358. The zero-order valence-corrected chi connectivity index (χ0v) is 10.4. The Morgan fingerprint density at radius 2 is 2.19 bits per heavy atom. The third kappa shape index (κ3) is 2.01. The van der Waals surface area contributed by atoms with Gasteiger partial charge in [-0.05, 0) is 36.3 Å². The van der Waals surface area contributed by atoms with Crippen molar-refractivity contribution in [3.8, 4) is 0 Å². The van der Waals surface area contributed by atoms with Crippen molar-refractivity contribution in [3.05, 3.63) is 35.4 Å². The Morgan fingerprint density at radius 3 is 2.88 bits per heavy atom. The van der Waals surface area contributed by atoms with Crippen LogP contribution in [0.2, 0.25) is 0 Å². The maximum Gasteiger partial charge on any atom is 0.0922 e. The predicted octanol–water partition coefficient (Wildman–Crippen LogP) is 3.65. The van der Waals surface area contributed by atoms with Gasteiger partial charge in [0.1, 0.15) is 0 Å². The summed E-state index contributed by atoms with van der Waals surface area (Å²) >= 11 is 0. The average Bonchev–Trinajstić information content (AvgIpc) is 2.33. The smallest absolute Gasteiger partial charge is 0.0922 e. The van der Waals surface area contributed by atoms with Crippen LogP contribution in [0.25, 0.3) is 0 Å². The lowest BCUT2D eigenvalue weighted by Crippen LogP contribution is -2.36. The van der Waals surface area contributed by atoms with Gasteiger partial charge in [-0.1, -0.05) is 51.0 Å². The Morgan fingerprint density at radius 1 is 1.38 bits per heavy atom.